The van der Waals surface area contributed by atoms with Crippen molar-refractivity contribution in [2.24, 2.45) is 4.99 Å². The zero-order chi connectivity index (χ0) is 28.1. The monoisotopic (exact) mass is 537 g/mol. The van der Waals surface area contributed by atoms with Gasteiger partial charge in [0.2, 0.25) is 0 Å². The molecule has 0 fully saturated rings. The second-order valence-corrected chi connectivity index (χ2v) is 10.2. The highest BCUT2D eigenvalue weighted by Crippen LogP contribution is 2.28. The van der Waals surface area contributed by atoms with E-state index < -0.39 is 5.97 Å². The van der Waals surface area contributed by atoms with Crippen LogP contribution in [0.15, 0.2) is 47.5 Å². The lowest BCUT2D eigenvalue weighted by molar-refractivity contribution is -0.134. The Morgan fingerprint density at radius 2 is 1.28 bits per heavy atom. The van der Waals surface area contributed by atoms with Crippen molar-refractivity contribution in [1.29, 1.82) is 0 Å². The number of carboxylic acid groups (broad SMARTS) is 1. The van der Waals surface area contributed by atoms with Gasteiger partial charge in [-0.1, -0.05) is 96.8 Å². The molecule has 0 spiro atoms. The van der Waals surface area contributed by atoms with E-state index >= 15 is 0 Å². The summed E-state index contributed by atoms with van der Waals surface area (Å²) in [5, 5.41) is 8.99. The standard InChI is InChI=1S/C33H47NO5/c1-3-4-5-6-7-8-9-10-11-12-13-14-15-16-17-18-32(35)39-30-24-19-27(25-31(30)38-2)26-34-29-22-20-28(21-23-29)33(36)37/h19-26H,3-18H2,1-2H3,(H,36,37). The maximum atomic E-state index is 12.3. The van der Waals surface area contributed by atoms with Crippen LogP contribution in [-0.2, 0) is 4.79 Å². The quantitative estimate of drug-likeness (QED) is 0.0742. The van der Waals surface area contributed by atoms with Gasteiger partial charge in [-0.3, -0.25) is 9.79 Å². The second-order valence-electron chi connectivity index (χ2n) is 10.2. The molecule has 0 unspecified atom stereocenters. The number of benzene rings is 2. The lowest BCUT2D eigenvalue weighted by Gasteiger charge is -2.10. The van der Waals surface area contributed by atoms with Gasteiger partial charge in [0.05, 0.1) is 18.4 Å². The maximum absolute atomic E-state index is 12.3. The summed E-state index contributed by atoms with van der Waals surface area (Å²) in [5.74, 6) is -0.362. The zero-order valence-electron chi connectivity index (χ0n) is 24.0. The Labute approximate surface area is 234 Å². The van der Waals surface area contributed by atoms with Gasteiger partial charge in [0.1, 0.15) is 0 Å². The summed E-state index contributed by atoms with van der Waals surface area (Å²) in [6.45, 7) is 2.27. The molecule has 6 nitrogen and oxygen atoms in total. The van der Waals surface area contributed by atoms with Gasteiger partial charge in [0.15, 0.2) is 11.5 Å². The first-order chi connectivity index (χ1) is 19.0. The number of rotatable bonds is 21. The van der Waals surface area contributed by atoms with Crippen molar-refractivity contribution < 1.29 is 24.2 Å². The van der Waals surface area contributed by atoms with Gasteiger partial charge in [-0.15, -0.1) is 0 Å². The van der Waals surface area contributed by atoms with E-state index in [2.05, 4.69) is 11.9 Å². The van der Waals surface area contributed by atoms with Gasteiger partial charge >= 0.3 is 11.9 Å². The van der Waals surface area contributed by atoms with E-state index in [0.29, 0.717) is 23.6 Å². The number of hydrogen-bond acceptors (Lipinski definition) is 5. The smallest absolute Gasteiger partial charge is 0.335 e. The summed E-state index contributed by atoms with van der Waals surface area (Å²) in [5.41, 5.74) is 1.63. The van der Waals surface area contributed by atoms with E-state index in [9.17, 15) is 9.59 Å². The fourth-order valence-corrected chi connectivity index (χ4v) is 4.50. The van der Waals surface area contributed by atoms with Gasteiger partial charge in [-0.05, 0) is 54.4 Å². The van der Waals surface area contributed by atoms with Crippen LogP contribution in [-0.4, -0.2) is 30.4 Å². The van der Waals surface area contributed by atoms with Crippen LogP contribution in [0.5, 0.6) is 11.5 Å². The largest absolute Gasteiger partial charge is 0.493 e. The third-order valence-electron chi connectivity index (χ3n) is 6.87. The molecule has 2 rings (SSSR count). The molecular formula is C33H47NO5. The van der Waals surface area contributed by atoms with Crippen molar-refractivity contribution in [3.63, 3.8) is 0 Å². The molecule has 39 heavy (non-hydrogen) atoms. The Balaban J connectivity index is 1.58. The molecule has 0 amide bonds. The van der Waals surface area contributed by atoms with E-state index in [1.54, 1.807) is 36.5 Å². The first-order valence-corrected chi connectivity index (χ1v) is 14.8. The van der Waals surface area contributed by atoms with Crippen molar-refractivity contribution in [2.45, 2.75) is 110 Å². The number of carboxylic acids is 1. The van der Waals surface area contributed by atoms with E-state index in [1.165, 1.54) is 103 Å². The van der Waals surface area contributed by atoms with Crippen LogP contribution in [0.1, 0.15) is 126 Å². The van der Waals surface area contributed by atoms with Crippen LogP contribution in [0.4, 0.5) is 5.69 Å². The SMILES string of the molecule is CCCCCCCCCCCCCCCCCC(=O)Oc1ccc(C=Nc2ccc(C(=O)O)cc2)cc1OC. The van der Waals surface area contributed by atoms with Gasteiger partial charge in [0, 0.05) is 12.6 Å². The van der Waals surface area contributed by atoms with Gasteiger partial charge in [-0.2, -0.15) is 0 Å². The molecule has 0 atom stereocenters. The highest BCUT2D eigenvalue weighted by Gasteiger charge is 2.11. The molecule has 214 valence electrons. The normalized spacial score (nSPS) is 11.1. The summed E-state index contributed by atoms with van der Waals surface area (Å²) >= 11 is 0. The molecule has 1 N–H and O–H groups in total. The molecular weight excluding hydrogens is 490 g/mol. The van der Waals surface area contributed by atoms with Crippen molar-refractivity contribution in [3.05, 3.63) is 53.6 Å². The number of esters is 1. The first-order valence-electron chi connectivity index (χ1n) is 14.8. The molecule has 0 saturated heterocycles. The van der Waals surface area contributed by atoms with Crippen LogP contribution in [0, 0.1) is 0 Å². The fourth-order valence-electron chi connectivity index (χ4n) is 4.50. The molecule has 6 heteroatoms. The predicted molar refractivity (Wildman–Crippen MR) is 159 cm³/mol. The Morgan fingerprint density at radius 3 is 1.79 bits per heavy atom. The topological polar surface area (TPSA) is 85.2 Å². The second kappa shape index (κ2) is 19.9. The van der Waals surface area contributed by atoms with Gasteiger partial charge < -0.3 is 14.6 Å². The van der Waals surface area contributed by atoms with E-state index in [-0.39, 0.29) is 11.5 Å². The molecule has 0 bridgehead atoms. The number of carbonyl (C=O) groups excluding carboxylic acids is 1. The van der Waals surface area contributed by atoms with Crippen molar-refractivity contribution in [3.8, 4) is 11.5 Å². The Kier molecular flexibility index (Phi) is 16.3. The summed E-state index contributed by atoms with van der Waals surface area (Å²) in [6, 6.07) is 11.6. The molecule has 0 aromatic heterocycles. The number of carbonyl (C=O) groups is 2. The van der Waals surface area contributed by atoms with Crippen molar-refractivity contribution >= 4 is 23.8 Å². The first kappa shape index (κ1) is 32.1. The number of methoxy groups -OCH3 is 1. The minimum absolute atomic E-state index is 0.214. The predicted octanol–water partition coefficient (Wildman–Crippen LogP) is 9.31. The molecule has 0 aliphatic rings. The number of hydrogen-bond donors (Lipinski definition) is 1. The number of nitrogens with zero attached hydrogens (tertiary/aromatic N) is 1. The Hall–Kier alpha value is -3.15. The number of aliphatic imine (C=N–C) groups is 1. The average molecular weight is 538 g/mol. The van der Waals surface area contributed by atoms with Crippen molar-refractivity contribution in [1.82, 2.24) is 0 Å². The van der Waals surface area contributed by atoms with Crippen LogP contribution in [0.25, 0.3) is 0 Å². The summed E-state index contributed by atoms with van der Waals surface area (Å²) < 4.78 is 11.0. The van der Waals surface area contributed by atoms with E-state index in [4.69, 9.17) is 14.6 Å². The average Bonchev–Trinajstić information content (AvgIpc) is 2.94. The van der Waals surface area contributed by atoms with Crippen molar-refractivity contribution in [2.75, 3.05) is 7.11 Å². The highest BCUT2D eigenvalue weighted by atomic mass is 16.6. The number of aromatic carboxylic acids is 1. The molecule has 0 aliphatic heterocycles. The summed E-state index contributed by atoms with van der Waals surface area (Å²) in [7, 11) is 1.53. The molecule has 0 radical (unpaired) electrons. The van der Waals surface area contributed by atoms with Gasteiger partial charge in [0.25, 0.3) is 0 Å². The molecule has 0 heterocycles. The van der Waals surface area contributed by atoms with Crippen LogP contribution < -0.4 is 9.47 Å². The highest BCUT2D eigenvalue weighted by molar-refractivity contribution is 5.88. The summed E-state index contributed by atoms with van der Waals surface area (Å²) in [4.78, 5) is 27.7. The minimum Gasteiger partial charge on any atom is -0.493 e. The van der Waals surface area contributed by atoms with E-state index in [0.717, 1.165) is 18.4 Å². The van der Waals surface area contributed by atoms with Crippen LogP contribution in [0.3, 0.4) is 0 Å². The molecule has 2 aromatic carbocycles. The maximum Gasteiger partial charge on any atom is 0.335 e. The lowest BCUT2D eigenvalue weighted by Crippen LogP contribution is -2.08. The molecule has 2 aromatic rings. The summed E-state index contributed by atoms with van der Waals surface area (Å²) in [6.07, 6.45) is 21.4. The Morgan fingerprint density at radius 1 is 0.744 bits per heavy atom. The molecule has 0 aliphatic carbocycles. The van der Waals surface area contributed by atoms with Gasteiger partial charge in [-0.25, -0.2) is 4.79 Å². The third kappa shape index (κ3) is 14.0. The van der Waals surface area contributed by atoms with Crippen LogP contribution >= 0.6 is 0 Å². The number of unbranched alkanes of at least 4 members (excludes halogenated alkanes) is 14. The third-order valence-corrected chi connectivity index (χ3v) is 6.87. The number of ether oxygens (including phenoxy) is 2. The zero-order valence-corrected chi connectivity index (χ0v) is 24.0. The fraction of sp³-hybridized carbons (Fsp3) is 0.545. The van der Waals surface area contributed by atoms with E-state index in [1.807, 2.05) is 0 Å². The Bertz CT molecular complexity index is 1000. The van der Waals surface area contributed by atoms with Crippen LogP contribution in [0.2, 0.25) is 0 Å². The lowest BCUT2D eigenvalue weighted by atomic mass is 10.0. The molecule has 0 saturated carbocycles. The minimum atomic E-state index is -0.972.